The third-order valence-electron chi connectivity index (χ3n) is 3.09. The van der Waals surface area contributed by atoms with Gasteiger partial charge in [-0.2, -0.15) is 5.10 Å². The highest BCUT2D eigenvalue weighted by atomic mass is 79.9. The van der Waals surface area contributed by atoms with Crippen molar-refractivity contribution in [2.75, 3.05) is 13.7 Å². The molecule has 0 spiro atoms. The van der Waals surface area contributed by atoms with Gasteiger partial charge in [-0.25, -0.2) is 5.43 Å². The molecule has 7 heteroatoms. The Morgan fingerprint density at radius 2 is 2.12 bits per heavy atom. The Balaban J connectivity index is 1.89. The summed E-state index contributed by atoms with van der Waals surface area (Å²) in [5, 5.41) is 13.7. The SMILES string of the molecule is COc1cccc(/C=N/NC(=O)COc2ccc(C)cc2Br)c1O. The van der Waals surface area contributed by atoms with E-state index in [0.717, 1.165) is 10.0 Å². The summed E-state index contributed by atoms with van der Waals surface area (Å²) in [6.07, 6.45) is 1.33. The molecular formula is C17H17BrN2O4. The van der Waals surface area contributed by atoms with E-state index in [0.29, 0.717) is 17.1 Å². The van der Waals surface area contributed by atoms with E-state index in [-0.39, 0.29) is 12.4 Å². The predicted octanol–water partition coefficient (Wildman–Crippen LogP) is 3.00. The molecule has 0 saturated heterocycles. The Morgan fingerprint density at radius 3 is 2.83 bits per heavy atom. The van der Waals surface area contributed by atoms with Crippen molar-refractivity contribution in [3.63, 3.8) is 0 Å². The lowest BCUT2D eigenvalue weighted by Crippen LogP contribution is -2.24. The molecule has 0 aromatic heterocycles. The molecule has 0 radical (unpaired) electrons. The van der Waals surface area contributed by atoms with Gasteiger partial charge in [0.2, 0.25) is 0 Å². The predicted molar refractivity (Wildman–Crippen MR) is 94.8 cm³/mol. The molecule has 0 aliphatic carbocycles. The fraction of sp³-hybridized carbons (Fsp3) is 0.176. The minimum atomic E-state index is -0.416. The molecule has 24 heavy (non-hydrogen) atoms. The molecule has 2 rings (SSSR count). The maximum atomic E-state index is 11.7. The van der Waals surface area contributed by atoms with E-state index >= 15 is 0 Å². The summed E-state index contributed by atoms with van der Waals surface area (Å²) in [5.74, 6) is 0.446. The number of methoxy groups -OCH3 is 1. The van der Waals surface area contributed by atoms with E-state index in [1.165, 1.54) is 13.3 Å². The van der Waals surface area contributed by atoms with Crippen molar-refractivity contribution >= 4 is 28.1 Å². The topological polar surface area (TPSA) is 80.2 Å². The number of aryl methyl sites for hydroxylation is 1. The molecule has 2 aromatic rings. The number of carbonyl (C=O) groups is 1. The van der Waals surface area contributed by atoms with Gasteiger partial charge in [0.25, 0.3) is 5.91 Å². The summed E-state index contributed by atoms with van der Waals surface area (Å²) in [6.45, 7) is 1.78. The summed E-state index contributed by atoms with van der Waals surface area (Å²) >= 11 is 3.38. The molecule has 0 saturated carbocycles. The molecule has 2 N–H and O–H groups in total. The van der Waals surface area contributed by atoms with Crippen molar-refractivity contribution in [2.24, 2.45) is 5.10 Å². The first-order valence-corrected chi connectivity index (χ1v) is 7.87. The van der Waals surface area contributed by atoms with Crippen LogP contribution in [0.1, 0.15) is 11.1 Å². The van der Waals surface area contributed by atoms with E-state index in [9.17, 15) is 9.90 Å². The first-order chi connectivity index (χ1) is 11.5. The first kappa shape index (κ1) is 17.8. The molecular weight excluding hydrogens is 376 g/mol. The van der Waals surface area contributed by atoms with Crippen LogP contribution < -0.4 is 14.9 Å². The maximum Gasteiger partial charge on any atom is 0.277 e. The van der Waals surface area contributed by atoms with Gasteiger partial charge in [0, 0.05) is 5.56 Å². The third kappa shape index (κ3) is 4.73. The van der Waals surface area contributed by atoms with Crippen LogP contribution in [0.5, 0.6) is 17.2 Å². The molecule has 2 aromatic carbocycles. The Bertz CT molecular complexity index is 762. The first-order valence-electron chi connectivity index (χ1n) is 7.08. The second-order valence-corrected chi connectivity index (χ2v) is 5.77. The number of phenolic OH excluding ortho intramolecular Hbond substituents is 1. The lowest BCUT2D eigenvalue weighted by Gasteiger charge is -2.08. The zero-order valence-electron chi connectivity index (χ0n) is 13.2. The number of aromatic hydroxyl groups is 1. The van der Waals surface area contributed by atoms with E-state index < -0.39 is 5.91 Å². The number of carbonyl (C=O) groups excluding carboxylic acids is 1. The van der Waals surface area contributed by atoms with Crippen molar-refractivity contribution in [3.8, 4) is 17.2 Å². The van der Waals surface area contributed by atoms with Gasteiger partial charge in [0.15, 0.2) is 18.1 Å². The molecule has 0 fully saturated rings. The van der Waals surface area contributed by atoms with Crippen LogP contribution in [0.15, 0.2) is 46.0 Å². The van der Waals surface area contributed by atoms with Crippen molar-refractivity contribution in [2.45, 2.75) is 6.92 Å². The standard InChI is InChI=1S/C17H17BrN2O4/c1-11-6-7-14(13(18)8-11)24-10-16(21)20-19-9-12-4-3-5-15(23-2)17(12)22/h3-9,22H,10H2,1-2H3,(H,20,21)/b19-9+. The van der Waals surface area contributed by atoms with Gasteiger partial charge >= 0.3 is 0 Å². The van der Waals surface area contributed by atoms with Crippen LogP contribution in [-0.2, 0) is 4.79 Å². The minimum absolute atomic E-state index is 0.0437. The van der Waals surface area contributed by atoms with E-state index in [1.807, 2.05) is 19.1 Å². The number of rotatable bonds is 6. The summed E-state index contributed by atoms with van der Waals surface area (Å²) in [6, 6.07) is 10.6. The fourth-order valence-electron chi connectivity index (χ4n) is 1.88. The zero-order chi connectivity index (χ0) is 17.5. The lowest BCUT2D eigenvalue weighted by molar-refractivity contribution is -0.123. The number of benzene rings is 2. The van der Waals surface area contributed by atoms with Crippen molar-refractivity contribution in [3.05, 3.63) is 52.0 Å². The number of para-hydroxylation sites is 1. The summed E-state index contributed by atoms with van der Waals surface area (Å²) in [7, 11) is 1.46. The Morgan fingerprint density at radius 1 is 1.33 bits per heavy atom. The Labute approximate surface area is 148 Å². The highest BCUT2D eigenvalue weighted by Gasteiger charge is 2.07. The highest BCUT2D eigenvalue weighted by Crippen LogP contribution is 2.28. The number of amides is 1. The van der Waals surface area contributed by atoms with Crippen molar-refractivity contribution < 1.29 is 19.4 Å². The Hall–Kier alpha value is -2.54. The average Bonchev–Trinajstić information content (AvgIpc) is 2.55. The van der Waals surface area contributed by atoms with Crippen LogP contribution in [0.4, 0.5) is 0 Å². The highest BCUT2D eigenvalue weighted by molar-refractivity contribution is 9.10. The number of hydrazone groups is 1. The number of nitrogens with one attached hydrogen (secondary N) is 1. The quantitative estimate of drug-likeness (QED) is 0.584. The van der Waals surface area contributed by atoms with Gasteiger partial charge in [0.1, 0.15) is 5.75 Å². The van der Waals surface area contributed by atoms with Gasteiger partial charge in [-0.1, -0.05) is 12.1 Å². The summed E-state index contributed by atoms with van der Waals surface area (Å²) in [5.41, 5.74) is 3.85. The second kappa shape index (κ2) is 8.35. The minimum Gasteiger partial charge on any atom is -0.504 e. The average molecular weight is 393 g/mol. The zero-order valence-corrected chi connectivity index (χ0v) is 14.8. The molecule has 0 aliphatic heterocycles. The number of nitrogens with zero attached hydrogens (tertiary/aromatic N) is 1. The van der Waals surface area contributed by atoms with Crippen LogP contribution in [0.2, 0.25) is 0 Å². The molecule has 6 nitrogen and oxygen atoms in total. The van der Waals surface area contributed by atoms with Gasteiger partial charge in [-0.3, -0.25) is 4.79 Å². The number of halogens is 1. The Kier molecular flexibility index (Phi) is 6.20. The number of ether oxygens (including phenoxy) is 2. The fourth-order valence-corrected chi connectivity index (χ4v) is 2.49. The van der Waals surface area contributed by atoms with Gasteiger partial charge in [-0.05, 0) is 52.7 Å². The molecule has 0 atom stereocenters. The smallest absolute Gasteiger partial charge is 0.277 e. The van der Waals surface area contributed by atoms with Gasteiger partial charge in [0.05, 0.1) is 17.8 Å². The maximum absolute atomic E-state index is 11.7. The largest absolute Gasteiger partial charge is 0.504 e. The summed E-state index contributed by atoms with van der Waals surface area (Å²) in [4.78, 5) is 11.7. The second-order valence-electron chi connectivity index (χ2n) is 4.91. The normalized spacial score (nSPS) is 10.6. The number of phenols is 1. The molecule has 1 amide bonds. The molecule has 126 valence electrons. The monoisotopic (exact) mass is 392 g/mol. The van der Waals surface area contributed by atoms with E-state index in [2.05, 4.69) is 26.5 Å². The lowest BCUT2D eigenvalue weighted by atomic mass is 10.2. The van der Waals surface area contributed by atoms with Crippen molar-refractivity contribution in [1.82, 2.24) is 5.43 Å². The molecule has 0 unspecified atom stereocenters. The van der Waals surface area contributed by atoms with Gasteiger partial charge < -0.3 is 14.6 Å². The van der Waals surface area contributed by atoms with Crippen molar-refractivity contribution in [1.29, 1.82) is 0 Å². The summed E-state index contributed by atoms with van der Waals surface area (Å²) < 4.78 is 11.2. The number of hydrogen-bond acceptors (Lipinski definition) is 5. The van der Waals surface area contributed by atoms with E-state index in [4.69, 9.17) is 9.47 Å². The van der Waals surface area contributed by atoms with Crippen LogP contribution in [-0.4, -0.2) is 30.9 Å². The van der Waals surface area contributed by atoms with Gasteiger partial charge in [-0.15, -0.1) is 0 Å². The van der Waals surface area contributed by atoms with E-state index in [1.54, 1.807) is 24.3 Å². The third-order valence-corrected chi connectivity index (χ3v) is 3.71. The molecule has 0 aliphatic rings. The molecule has 0 bridgehead atoms. The number of hydrogen-bond donors (Lipinski definition) is 2. The van der Waals surface area contributed by atoms with Crippen LogP contribution in [0.3, 0.4) is 0 Å². The molecule has 0 heterocycles. The van der Waals surface area contributed by atoms with Crippen LogP contribution >= 0.6 is 15.9 Å². The van der Waals surface area contributed by atoms with Crippen LogP contribution in [0.25, 0.3) is 0 Å². The van der Waals surface area contributed by atoms with Crippen LogP contribution in [0, 0.1) is 6.92 Å².